The minimum absolute atomic E-state index is 0.353. The lowest BCUT2D eigenvalue weighted by atomic mass is 9.89. The average Bonchev–Trinajstić information content (AvgIpc) is 2.30. The standard InChI is InChI=1S/C10H19N3S/c1-7(6-10(3,4)5)11-9-12-8(2)13-14-9/h7H,6H2,1-5H3,(H,11,12,13). The zero-order valence-electron chi connectivity index (χ0n) is 9.59. The molecule has 14 heavy (non-hydrogen) atoms. The van der Waals surface area contributed by atoms with Crippen molar-refractivity contribution < 1.29 is 0 Å². The van der Waals surface area contributed by atoms with E-state index in [1.807, 2.05) is 6.92 Å². The van der Waals surface area contributed by atoms with E-state index in [1.165, 1.54) is 11.5 Å². The fourth-order valence-corrected chi connectivity index (χ4v) is 2.22. The van der Waals surface area contributed by atoms with Crippen LogP contribution in [-0.4, -0.2) is 15.4 Å². The molecule has 0 aliphatic heterocycles. The second kappa shape index (κ2) is 4.26. The van der Waals surface area contributed by atoms with Crippen molar-refractivity contribution >= 4 is 16.7 Å². The number of nitrogens with zero attached hydrogens (tertiary/aromatic N) is 2. The molecule has 0 spiro atoms. The van der Waals surface area contributed by atoms with Gasteiger partial charge in [-0.25, -0.2) is 4.98 Å². The van der Waals surface area contributed by atoms with Gasteiger partial charge < -0.3 is 5.32 Å². The number of rotatable bonds is 3. The summed E-state index contributed by atoms with van der Waals surface area (Å²) < 4.78 is 4.13. The van der Waals surface area contributed by atoms with Gasteiger partial charge in [0.25, 0.3) is 0 Å². The van der Waals surface area contributed by atoms with Crippen molar-refractivity contribution in [2.75, 3.05) is 5.32 Å². The summed E-state index contributed by atoms with van der Waals surface area (Å²) in [5.74, 6) is 0.848. The van der Waals surface area contributed by atoms with E-state index in [0.717, 1.165) is 17.4 Å². The number of nitrogens with one attached hydrogen (secondary N) is 1. The normalized spacial score (nSPS) is 14.1. The first-order chi connectivity index (χ1) is 6.37. The van der Waals surface area contributed by atoms with Crippen LogP contribution in [0.3, 0.4) is 0 Å². The first-order valence-electron chi connectivity index (χ1n) is 4.94. The fraction of sp³-hybridized carbons (Fsp3) is 0.800. The quantitative estimate of drug-likeness (QED) is 0.838. The fourth-order valence-electron chi connectivity index (χ4n) is 1.54. The molecular weight excluding hydrogens is 194 g/mol. The Kier molecular flexibility index (Phi) is 3.48. The molecule has 1 unspecified atom stereocenters. The maximum absolute atomic E-state index is 4.28. The van der Waals surface area contributed by atoms with Gasteiger partial charge in [-0.2, -0.15) is 4.37 Å². The van der Waals surface area contributed by atoms with Gasteiger partial charge in [-0.3, -0.25) is 0 Å². The molecule has 0 fully saturated rings. The van der Waals surface area contributed by atoms with Gasteiger partial charge in [0.15, 0.2) is 0 Å². The second-order valence-corrected chi connectivity index (χ2v) is 5.71. The highest BCUT2D eigenvalue weighted by Gasteiger charge is 2.15. The second-order valence-electron chi connectivity index (χ2n) is 4.96. The molecule has 0 saturated heterocycles. The van der Waals surface area contributed by atoms with Crippen LogP contribution in [-0.2, 0) is 0 Å². The molecular formula is C10H19N3S. The molecule has 1 aromatic rings. The van der Waals surface area contributed by atoms with Gasteiger partial charge in [-0.05, 0) is 25.7 Å². The van der Waals surface area contributed by atoms with E-state index < -0.39 is 0 Å². The van der Waals surface area contributed by atoms with Gasteiger partial charge in [0, 0.05) is 17.6 Å². The minimum atomic E-state index is 0.353. The number of anilines is 1. The maximum Gasteiger partial charge on any atom is 0.202 e. The molecule has 4 heteroatoms. The number of aryl methyl sites for hydroxylation is 1. The highest BCUT2D eigenvalue weighted by molar-refractivity contribution is 7.09. The van der Waals surface area contributed by atoms with Crippen LogP contribution in [0.4, 0.5) is 5.13 Å². The van der Waals surface area contributed by atoms with Crippen LogP contribution in [0.1, 0.15) is 39.9 Å². The first kappa shape index (κ1) is 11.4. The van der Waals surface area contributed by atoms with Crippen molar-refractivity contribution in [2.45, 2.75) is 47.1 Å². The van der Waals surface area contributed by atoms with Crippen molar-refractivity contribution in [1.82, 2.24) is 9.36 Å². The average molecular weight is 213 g/mol. The van der Waals surface area contributed by atoms with E-state index >= 15 is 0 Å². The van der Waals surface area contributed by atoms with Gasteiger partial charge in [0.05, 0.1) is 0 Å². The van der Waals surface area contributed by atoms with E-state index in [1.54, 1.807) is 0 Å². The Hall–Kier alpha value is -0.640. The molecule has 0 aliphatic carbocycles. The molecule has 0 amide bonds. The Labute approximate surface area is 90.1 Å². The molecule has 0 saturated carbocycles. The summed E-state index contributed by atoms with van der Waals surface area (Å²) >= 11 is 1.43. The molecule has 1 rings (SSSR count). The topological polar surface area (TPSA) is 37.8 Å². The summed E-state index contributed by atoms with van der Waals surface area (Å²) in [6.07, 6.45) is 1.13. The van der Waals surface area contributed by atoms with Crippen molar-refractivity contribution in [3.8, 4) is 0 Å². The summed E-state index contributed by atoms with van der Waals surface area (Å²) in [5, 5.41) is 4.29. The van der Waals surface area contributed by atoms with E-state index in [4.69, 9.17) is 0 Å². The molecule has 0 aromatic carbocycles. The molecule has 0 aliphatic rings. The number of aromatic nitrogens is 2. The van der Waals surface area contributed by atoms with E-state index in [2.05, 4.69) is 42.4 Å². The van der Waals surface area contributed by atoms with Gasteiger partial charge in [0.1, 0.15) is 5.82 Å². The Bertz CT molecular complexity index is 288. The monoisotopic (exact) mass is 213 g/mol. The van der Waals surface area contributed by atoms with E-state index in [0.29, 0.717) is 11.5 Å². The van der Waals surface area contributed by atoms with Crippen LogP contribution in [0.25, 0.3) is 0 Å². The van der Waals surface area contributed by atoms with Crippen LogP contribution in [0.5, 0.6) is 0 Å². The zero-order chi connectivity index (χ0) is 10.8. The van der Waals surface area contributed by atoms with E-state index in [9.17, 15) is 0 Å². The molecule has 1 aromatic heterocycles. The Morgan fingerprint density at radius 2 is 2.07 bits per heavy atom. The van der Waals surface area contributed by atoms with Crippen LogP contribution in [0, 0.1) is 12.3 Å². The maximum atomic E-state index is 4.28. The lowest BCUT2D eigenvalue weighted by Crippen LogP contribution is -2.22. The molecule has 3 nitrogen and oxygen atoms in total. The predicted molar refractivity (Wildman–Crippen MR) is 61.8 cm³/mol. The van der Waals surface area contributed by atoms with Crippen molar-refractivity contribution in [3.63, 3.8) is 0 Å². The van der Waals surface area contributed by atoms with Gasteiger partial charge >= 0.3 is 0 Å². The molecule has 1 N–H and O–H groups in total. The summed E-state index contributed by atoms with van der Waals surface area (Å²) in [6, 6.07) is 0.447. The minimum Gasteiger partial charge on any atom is -0.358 e. The summed E-state index contributed by atoms with van der Waals surface area (Å²) in [5.41, 5.74) is 0.353. The summed E-state index contributed by atoms with van der Waals surface area (Å²) in [7, 11) is 0. The van der Waals surface area contributed by atoms with Crippen LogP contribution < -0.4 is 5.32 Å². The molecule has 0 radical (unpaired) electrons. The molecule has 0 bridgehead atoms. The van der Waals surface area contributed by atoms with E-state index in [-0.39, 0.29) is 0 Å². The summed E-state index contributed by atoms with van der Waals surface area (Å²) in [6.45, 7) is 10.8. The van der Waals surface area contributed by atoms with Crippen molar-refractivity contribution in [2.24, 2.45) is 5.41 Å². The van der Waals surface area contributed by atoms with Crippen LogP contribution >= 0.6 is 11.5 Å². The zero-order valence-corrected chi connectivity index (χ0v) is 10.4. The highest BCUT2D eigenvalue weighted by atomic mass is 32.1. The lowest BCUT2D eigenvalue weighted by Gasteiger charge is -2.23. The van der Waals surface area contributed by atoms with Gasteiger partial charge in [-0.15, -0.1) is 0 Å². The third-order valence-corrected chi connectivity index (χ3v) is 2.55. The smallest absolute Gasteiger partial charge is 0.202 e. The third-order valence-electron chi connectivity index (χ3n) is 1.82. The molecule has 1 heterocycles. The largest absolute Gasteiger partial charge is 0.358 e. The van der Waals surface area contributed by atoms with Crippen molar-refractivity contribution in [3.05, 3.63) is 5.82 Å². The molecule has 1 atom stereocenters. The SMILES string of the molecule is Cc1nsc(NC(C)CC(C)(C)C)n1. The first-order valence-corrected chi connectivity index (χ1v) is 5.71. The Morgan fingerprint density at radius 3 is 2.50 bits per heavy atom. The molecule has 80 valence electrons. The predicted octanol–water partition coefficient (Wildman–Crippen LogP) is 3.08. The van der Waals surface area contributed by atoms with Gasteiger partial charge in [-0.1, -0.05) is 20.8 Å². The third kappa shape index (κ3) is 4.05. The van der Waals surface area contributed by atoms with Crippen LogP contribution in [0.15, 0.2) is 0 Å². The lowest BCUT2D eigenvalue weighted by molar-refractivity contribution is 0.358. The van der Waals surface area contributed by atoms with Crippen molar-refractivity contribution in [1.29, 1.82) is 0 Å². The number of hydrogen-bond donors (Lipinski definition) is 1. The highest BCUT2D eigenvalue weighted by Crippen LogP contribution is 2.23. The van der Waals surface area contributed by atoms with Gasteiger partial charge in [0.2, 0.25) is 5.13 Å². The number of hydrogen-bond acceptors (Lipinski definition) is 4. The van der Waals surface area contributed by atoms with Crippen LogP contribution in [0.2, 0.25) is 0 Å². The Morgan fingerprint density at radius 1 is 1.43 bits per heavy atom. The summed E-state index contributed by atoms with van der Waals surface area (Å²) in [4.78, 5) is 4.28. The Balaban J connectivity index is 2.45.